The quantitative estimate of drug-likeness (QED) is 0.904. The van der Waals surface area contributed by atoms with Crippen LogP contribution in [0, 0.1) is 5.92 Å². The monoisotopic (exact) mass is 365 g/mol. The van der Waals surface area contributed by atoms with Crippen LogP contribution in [0.4, 0.5) is 0 Å². The van der Waals surface area contributed by atoms with Gasteiger partial charge in [-0.1, -0.05) is 24.3 Å². The van der Waals surface area contributed by atoms with E-state index in [9.17, 15) is 14.7 Å². The predicted octanol–water partition coefficient (Wildman–Crippen LogP) is 3.12. The molecule has 27 heavy (non-hydrogen) atoms. The molecule has 2 atom stereocenters. The number of methoxy groups -OCH3 is 1. The van der Waals surface area contributed by atoms with Crippen molar-refractivity contribution in [3.8, 4) is 5.75 Å². The van der Waals surface area contributed by atoms with Gasteiger partial charge in [-0.05, 0) is 54.2 Å². The van der Waals surface area contributed by atoms with Crippen LogP contribution in [0.5, 0.6) is 5.75 Å². The van der Waals surface area contributed by atoms with Crippen molar-refractivity contribution in [3.05, 3.63) is 64.7 Å². The summed E-state index contributed by atoms with van der Waals surface area (Å²) >= 11 is 0. The van der Waals surface area contributed by atoms with Crippen LogP contribution in [0.25, 0.3) is 0 Å². The second-order valence-corrected chi connectivity index (χ2v) is 7.34. The lowest BCUT2D eigenvalue weighted by molar-refractivity contribution is -0.141. The third kappa shape index (κ3) is 3.18. The minimum atomic E-state index is -0.879. The maximum atomic E-state index is 13.0. The van der Waals surface area contributed by atoms with Gasteiger partial charge in [0.1, 0.15) is 5.75 Å². The van der Waals surface area contributed by atoms with Crippen LogP contribution < -0.4 is 4.74 Å². The molecule has 5 nitrogen and oxygen atoms in total. The van der Waals surface area contributed by atoms with Crippen molar-refractivity contribution in [2.75, 3.05) is 20.2 Å². The fourth-order valence-electron chi connectivity index (χ4n) is 4.40. The zero-order valence-electron chi connectivity index (χ0n) is 15.4. The molecule has 0 radical (unpaired) electrons. The number of fused-ring (bicyclic) bond motifs is 1. The highest BCUT2D eigenvalue weighted by Gasteiger charge is 2.41. The maximum absolute atomic E-state index is 13.0. The lowest BCUT2D eigenvalue weighted by Gasteiger charge is -2.18. The zero-order valence-corrected chi connectivity index (χ0v) is 15.4. The highest BCUT2D eigenvalue weighted by atomic mass is 16.5. The molecule has 1 saturated heterocycles. The molecular weight excluding hydrogens is 342 g/mol. The fraction of sp³-hybridized carbons (Fsp3) is 0.364. The largest absolute Gasteiger partial charge is 0.496 e. The van der Waals surface area contributed by atoms with Crippen molar-refractivity contribution in [2.24, 2.45) is 5.92 Å². The van der Waals surface area contributed by atoms with E-state index in [0.29, 0.717) is 17.9 Å². The van der Waals surface area contributed by atoms with Gasteiger partial charge in [0.05, 0.1) is 13.0 Å². The minimum Gasteiger partial charge on any atom is -0.496 e. The van der Waals surface area contributed by atoms with E-state index in [2.05, 4.69) is 0 Å². The highest BCUT2D eigenvalue weighted by molar-refractivity contribution is 5.95. The Labute approximate surface area is 158 Å². The molecule has 0 spiro atoms. The molecular formula is C22H23NO4. The number of hydrogen-bond donors (Lipinski definition) is 1. The molecule has 1 amide bonds. The first-order valence-electron chi connectivity index (χ1n) is 9.35. The smallest absolute Gasteiger partial charge is 0.308 e. The Kier molecular flexibility index (Phi) is 4.60. The molecule has 140 valence electrons. The number of carboxylic acid groups (broad SMARTS) is 1. The van der Waals surface area contributed by atoms with Crippen LogP contribution in [0.2, 0.25) is 0 Å². The number of aryl methyl sites for hydroxylation is 2. The normalized spacial score (nSPS) is 21.1. The first kappa shape index (κ1) is 17.6. The lowest BCUT2D eigenvalue weighted by atomic mass is 9.88. The van der Waals surface area contributed by atoms with Crippen LogP contribution in [0.1, 0.15) is 39.4 Å². The predicted molar refractivity (Wildman–Crippen MR) is 101 cm³/mol. The number of para-hydroxylation sites is 1. The molecule has 1 aliphatic heterocycles. The minimum absolute atomic E-state index is 0.0895. The molecule has 4 rings (SSSR count). The molecule has 1 N–H and O–H groups in total. The van der Waals surface area contributed by atoms with Gasteiger partial charge in [0.15, 0.2) is 0 Å². The van der Waals surface area contributed by atoms with E-state index in [0.717, 1.165) is 24.8 Å². The molecule has 5 heteroatoms. The van der Waals surface area contributed by atoms with Gasteiger partial charge >= 0.3 is 5.97 Å². The number of nitrogens with zero attached hydrogens (tertiary/aromatic N) is 1. The van der Waals surface area contributed by atoms with E-state index in [1.165, 1.54) is 11.1 Å². The summed E-state index contributed by atoms with van der Waals surface area (Å²) in [5.41, 5.74) is 4.07. The number of amides is 1. The second kappa shape index (κ2) is 7.06. The standard InChI is InChI=1S/C22H23NO4/c1-27-20-8-3-2-7-17(20)18-12-23(13-19(18)22(25)26)21(24)16-10-9-14-5-4-6-15(14)11-16/h2-3,7-11,18-19H,4-6,12-13H2,1H3,(H,25,26)/t18-,19+/m0/s1. The fourth-order valence-corrected chi connectivity index (χ4v) is 4.40. The second-order valence-electron chi connectivity index (χ2n) is 7.34. The number of benzene rings is 2. The third-order valence-corrected chi connectivity index (χ3v) is 5.81. The number of rotatable bonds is 4. The van der Waals surface area contributed by atoms with Gasteiger partial charge < -0.3 is 14.7 Å². The summed E-state index contributed by atoms with van der Waals surface area (Å²) in [5, 5.41) is 9.73. The molecule has 2 aliphatic rings. The van der Waals surface area contributed by atoms with Crippen LogP contribution in [-0.4, -0.2) is 42.1 Å². The SMILES string of the molecule is COc1ccccc1[C@@H]1CN(C(=O)c2ccc3c(c2)CCC3)C[C@H]1C(=O)O. The van der Waals surface area contributed by atoms with Crippen molar-refractivity contribution < 1.29 is 19.4 Å². The van der Waals surface area contributed by atoms with Crippen LogP contribution in [0.15, 0.2) is 42.5 Å². The number of likely N-dealkylation sites (tertiary alicyclic amines) is 1. The first-order chi connectivity index (χ1) is 13.1. The van der Waals surface area contributed by atoms with Gasteiger partial charge in [0, 0.05) is 24.6 Å². The first-order valence-corrected chi connectivity index (χ1v) is 9.35. The molecule has 0 unspecified atom stereocenters. The summed E-state index contributed by atoms with van der Waals surface area (Å²) in [5.74, 6) is -1.22. The molecule has 0 saturated carbocycles. The number of hydrogen-bond acceptors (Lipinski definition) is 3. The summed E-state index contributed by atoms with van der Waals surface area (Å²) in [6.45, 7) is 0.598. The highest BCUT2D eigenvalue weighted by Crippen LogP contribution is 2.38. The number of carbonyl (C=O) groups excluding carboxylic acids is 1. The molecule has 0 bridgehead atoms. The summed E-state index contributed by atoms with van der Waals surface area (Å²) < 4.78 is 5.42. The Balaban J connectivity index is 1.61. The van der Waals surface area contributed by atoms with E-state index < -0.39 is 11.9 Å². The summed E-state index contributed by atoms with van der Waals surface area (Å²) in [7, 11) is 1.58. The van der Waals surface area contributed by atoms with Crippen LogP contribution >= 0.6 is 0 Å². The van der Waals surface area contributed by atoms with Gasteiger partial charge in [-0.2, -0.15) is 0 Å². The van der Waals surface area contributed by atoms with Crippen molar-refractivity contribution in [1.82, 2.24) is 4.90 Å². The Bertz CT molecular complexity index is 892. The van der Waals surface area contributed by atoms with Crippen LogP contribution in [0.3, 0.4) is 0 Å². The molecule has 1 aliphatic carbocycles. The Hall–Kier alpha value is -2.82. The van der Waals surface area contributed by atoms with Crippen LogP contribution in [-0.2, 0) is 17.6 Å². The van der Waals surface area contributed by atoms with Crippen molar-refractivity contribution in [1.29, 1.82) is 0 Å². The van der Waals surface area contributed by atoms with Crippen molar-refractivity contribution in [3.63, 3.8) is 0 Å². The third-order valence-electron chi connectivity index (χ3n) is 5.81. The molecule has 2 aromatic rings. The van der Waals surface area contributed by atoms with Gasteiger partial charge in [-0.25, -0.2) is 0 Å². The van der Waals surface area contributed by atoms with E-state index >= 15 is 0 Å². The molecule has 1 heterocycles. The molecule has 0 aromatic heterocycles. The Morgan fingerprint density at radius 3 is 2.63 bits per heavy atom. The summed E-state index contributed by atoms with van der Waals surface area (Å²) in [6.07, 6.45) is 3.22. The van der Waals surface area contributed by atoms with Crippen molar-refractivity contribution >= 4 is 11.9 Å². The van der Waals surface area contributed by atoms with Gasteiger partial charge in [0.25, 0.3) is 5.91 Å². The number of carbonyl (C=O) groups is 2. The average molecular weight is 365 g/mol. The van der Waals surface area contributed by atoms with Crippen molar-refractivity contribution in [2.45, 2.75) is 25.2 Å². The van der Waals surface area contributed by atoms with Gasteiger partial charge in [0.2, 0.25) is 0 Å². The summed E-state index contributed by atoms with van der Waals surface area (Å²) in [4.78, 5) is 26.6. The zero-order chi connectivity index (χ0) is 19.0. The van der Waals surface area contributed by atoms with E-state index in [-0.39, 0.29) is 18.4 Å². The topological polar surface area (TPSA) is 66.8 Å². The Morgan fingerprint density at radius 2 is 1.85 bits per heavy atom. The maximum Gasteiger partial charge on any atom is 0.308 e. The average Bonchev–Trinajstić information content (AvgIpc) is 3.33. The van der Waals surface area contributed by atoms with E-state index in [4.69, 9.17) is 4.74 Å². The number of carboxylic acids is 1. The molecule has 2 aromatic carbocycles. The summed E-state index contributed by atoms with van der Waals surface area (Å²) in [6, 6.07) is 13.4. The van der Waals surface area contributed by atoms with E-state index in [1.807, 2.05) is 42.5 Å². The Morgan fingerprint density at radius 1 is 1.07 bits per heavy atom. The van der Waals surface area contributed by atoms with Gasteiger partial charge in [-0.3, -0.25) is 9.59 Å². The van der Waals surface area contributed by atoms with Gasteiger partial charge in [-0.15, -0.1) is 0 Å². The number of ether oxygens (including phenoxy) is 1. The molecule has 1 fully saturated rings. The van der Waals surface area contributed by atoms with E-state index in [1.54, 1.807) is 12.0 Å². The number of aliphatic carboxylic acids is 1. The lowest BCUT2D eigenvalue weighted by Crippen LogP contribution is -2.30.